The summed E-state index contributed by atoms with van der Waals surface area (Å²) in [6.45, 7) is 7.78. The number of carbonyl (C=O) groups is 1. The van der Waals surface area contributed by atoms with E-state index in [1.165, 1.54) is 0 Å². The molecule has 20 heavy (non-hydrogen) atoms. The average molecular weight is 269 g/mol. The van der Waals surface area contributed by atoms with Crippen LogP contribution >= 0.6 is 0 Å². The Morgan fingerprint density at radius 1 is 1.15 bits per heavy atom. The number of ether oxygens (including phenoxy) is 1. The van der Waals surface area contributed by atoms with Crippen LogP contribution in [0.25, 0.3) is 0 Å². The lowest BCUT2D eigenvalue weighted by atomic mass is 9.96. The van der Waals surface area contributed by atoms with Gasteiger partial charge in [-0.25, -0.2) is 0 Å². The van der Waals surface area contributed by atoms with Crippen LogP contribution in [0.5, 0.6) is 5.75 Å². The highest BCUT2D eigenvalue weighted by molar-refractivity contribution is 6.10. The van der Waals surface area contributed by atoms with E-state index in [-0.39, 0.29) is 11.9 Å². The van der Waals surface area contributed by atoms with Gasteiger partial charge >= 0.3 is 0 Å². The molecule has 0 saturated heterocycles. The van der Waals surface area contributed by atoms with Gasteiger partial charge in [0.1, 0.15) is 5.75 Å². The molecule has 104 valence electrons. The second-order valence-electron chi connectivity index (χ2n) is 5.17. The van der Waals surface area contributed by atoms with E-state index in [1.54, 1.807) is 18.5 Å². The summed E-state index contributed by atoms with van der Waals surface area (Å²) in [4.78, 5) is 16.7. The van der Waals surface area contributed by atoms with Crippen molar-refractivity contribution in [3.63, 3.8) is 0 Å². The lowest BCUT2D eigenvalue weighted by Gasteiger charge is -2.11. The SMILES string of the molecule is Cc1cccc(C)c1C(=O)c1cncc(OC(C)C)c1. The third kappa shape index (κ3) is 3.05. The van der Waals surface area contributed by atoms with Crippen LogP contribution < -0.4 is 4.74 Å². The molecule has 0 fully saturated rings. The van der Waals surface area contributed by atoms with E-state index in [0.717, 1.165) is 16.7 Å². The van der Waals surface area contributed by atoms with Gasteiger partial charge in [0.25, 0.3) is 0 Å². The topological polar surface area (TPSA) is 39.2 Å². The molecule has 0 aliphatic rings. The van der Waals surface area contributed by atoms with E-state index < -0.39 is 0 Å². The second-order valence-corrected chi connectivity index (χ2v) is 5.17. The summed E-state index contributed by atoms with van der Waals surface area (Å²) in [5, 5.41) is 0. The number of aryl methyl sites for hydroxylation is 2. The van der Waals surface area contributed by atoms with Crippen molar-refractivity contribution in [2.24, 2.45) is 0 Å². The Hall–Kier alpha value is -2.16. The molecular formula is C17H19NO2. The number of ketones is 1. The first kappa shape index (κ1) is 14.3. The maximum atomic E-state index is 12.6. The minimum atomic E-state index is -0.0118. The van der Waals surface area contributed by atoms with E-state index >= 15 is 0 Å². The summed E-state index contributed by atoms with van der Waals surface area (Å²) in [6, 6.07) is 7.60. The summed E-state index contributed by atoms with van der Waals surface area (Å²) in [7, 11) is 0. The molecule has 1 heterocycles. The maximum absolute atomic E-state index is 12.6. The highest BCUT2D eigenvalue weighted by Crippen LogP contribution is 2.20. The maximum Gasteiger partial charge on any atom is 0.195 e. The van der Waals surface area contributed by atoms with E-state index in [1.807, 2.05) is 45.9 Å². The van der Waals surface area contributed by atoms with Gasteiger partial charge in [0.05, 0.1) is 12.3 Å². The Labute approximate surface area is 119 Å². The van der Waals surface area contributed by atoms with Gasteiger partial charge in [-0.15, -0.1) is 0 Å². The summed E-state index contributed by atoms with van der Waals surface area (Å²) in [5.74, 6) is 0.611. The number of benzene rings is 1. The third-order valence-electron chi connectivity index (χ3n) is 3.06. The minimum absolute atomic E-state index is 0.0118. The Kier molecular flexibility index (Phi) is 4.18. The van der Waals surface area contributed by atoms with Crippen molar-refractivity contribution in [1.82, 2.24) is 4.98 Å². The molecule has 0 bridgehead atoms. The van der Waals surface area contributed by atoms with Crippen molar-refractivity contribution >= 4 is 5.78 Å². The number of hydrogen-bond acceptors (Lipinski definition) is 3. The number of pyridine rings is 1. The van der Waals surface area contributed by atoms with Crippen LogP contribution in [0.1, 0.15) is 40.9 Å². The van der Waals surface area contributed by atoms with Crippen LogP contribution in [0.3, 0.4) is 0 Å². The third-order valence-corrected chi connectivity index (χ3v) is 3.06. The first-order valence-electron chi connectivity index (χ1n) is 6.71. The fourth-order valence-electron chi connectivity index (χ4n) is 2.20. The molecule has 3 heteroatoms. The zero-order valence-electron chi connectivity index (χ0n) is 12.3. The molecule has 0 atom stereocenters. The van der Waals surface area contributed by atoms with Gasteiger partial charge in [0, 0.05) is 17.3 Å². The second kappa shape index (κ2) is 5.87. The van der Waals surface area contributed by atoms with Gasteiger partial charge in [0.2, 0.25) is 0 Å². The number of carbonyl (C=O) groups excluding carboxylic acids is 1. The van der Waals surface area contributed by atoms with Gasteiger partial charge in [0.15, 0.2) is 5.78 Å². The number of rotatable bonds is 4. The molecule has 1 aromatic carbocycles. The highest BCUT2D eigenvalue weighted by Gasteiger charge is 2.15. The number of hydrogen-bond donors (Lipinski definition) is 0. The highest BCUT2D eigenvalue weighted by atomic mass is 16.5. The van der Waals surface area contributed by atoms with Gasteiger partial charge in [-0.05, 0) is 44.9 Å². The lowest BCUT2D eigenvalue weighted by Crippen LogP contribution is -2.09. The average Bonchev–Trinajstić information content (AvgIpc) is 2.38. The van der Waals surface area contributed by atoms with E-state index in [0.29, 0.717) is 11.3 Å². The van der Waals surface area contributed by atoms with Gasteiger partial charge in [-0.3, -0.25) is 9.78 Å². The molecule has 0 N–H and O–H groups in total. The largest absolute Gasteiger partial charge is 0.489 e. The Morgan fingerprint density at radius 3 is 2.40 bits per heavy atom. The van der Waals surface area contributed by atoms with E-state index in [9.17, 15) is 4.79 Å². The monoisotopic (exact) mass is 269 g/mol. The normalized spacial score (nSPS) is 10.7. The summed E-state index contributed by atoms with van der Waals surface area (Å²) in [5.41, 5.74) is 3.26. The minimum Gasteiger partial charge on any atom is -0.489 e. The standard InChI is InChI=1S/C17H19NO2/c1-11(2)20-15-8-14(9-18-10-15)17(19)16-12(3)6-5-7-13(16)4/h5-11H,1-4H3. The Balaban J connectivity index is 2.39. The van der Waals surface area contributed by atoms with Crippen molar-refractivity contribution in [1.29, 1.82) is 0 Å². The smallest absolute Gasteiger partial charge is 0.195 e. The van der Waals surface area contributed by atoms with Crippen LogP contribution in [0.2, 0.25) is 0 Å². The Bertz CT molecular complexity index is 612. The molecule has 0 spiro atoms. The van der Waals surface area contributed by atoms with Crippen molar-refractivity contribution in [3.8, 4) is 5.75 Å². The number of nitrogens with zero attached hydrogens (tertiary/aromatic N) is 1. The van der Waals surface area contributed by atoms with Gasteiger partial charge in [-0.2, -0.15) is 0 Å². The van der Waals surface area contributed by atoms with Crippen molar-refractivity contribution < 1.29 is 9.53 Å². The fraction of sp³-hybridized carbons (Fsp3) is 0.294. The molecule has 2 aromatic rings. The molecule has 2 rings (SSSR count). The first-order chi connectivity index (χ1) is 9.49. The van der Waals surface area contributed by atoms with Crippen LogP contribution in [-0.4, -0.2) is 16.9 Å². The van der Waals surface area contributed by atoms with Crippen LogP contribution in [0.15, 0.2) is 36.7 Å². The van der Waals surface area contributed by atoms with Crippen LogP contribution in [0.4, 0.5) is 0 Å². The molecular weight excluding hydrogens is 250 g/mol. The number of aromatic nitrogens is 1. The molecule has 3 nitrogen and oxygen atoms in total. The lowest BCUT2D eigenvalue weighted by molar-refractivity contribution is 0.103. The summed E-state index contributed by atoms with van der Waals surface area (Å²) in [6.07, 6.45) is 3.27. The molecule has 0 aliphatic heterocycles. The summed E-state index contributed by atoms with van der Waals surface area (Å²) < 4.78 is 5.59. The van der Waals surface area contributed by atoms with Crippen molar-refractivity contribution in [2.75, 3.05) is 0 Å². The summed E-state index contributed by atoms with van der Waals surface area (Å²) >= 11 is 0. The molecule has 0 aliphatic carbocycles. The van der Waals surface area contributed by atoms with Gasteiger partial charge < -0.3 is 4.74 Å². The van der Waals surface area contributed by atoms with Crippen LogP contribution in [0, 0.1) is 13.8 Å². The quantitative estimate of drug-likeness (QED) is 0.794. The molecule has 0 unspecified atom stereocenters. The van der Waals surface area contributed by atoms with E-state index in [4.69, 9.17) is 4.74 Å². The molecule has 0 amide bonds. The Morgan fingerprint density at radius 2 is 1.80 bits per heavy atom. The van der Waals surface area contributed by atoms with E-state index in [2.05, 4.69) is 4.98 Å². The predicted octanol–water partition coefficient (Wildman–Crippen LogP) is 3.72. The molecule has 1 aromatic heterocycles. The molecule has 0 radical (unpaired) electrons. The fourth-order valence-corrected chi connectivity index (χ4v) is 2.20. The predicted molar refractivity (Wildman–Crippen MR) is 79.3 cm³/mol. The van der Waals surface area contributed by atoms with Crippen LogP contribution in [-0.2, 0) is 0 Å². The van der Waals surface area contributed by atoms with Crippen molar-refractivity contribution in [2.45, 2.75) is 33.8 Å². The zero-order valence-corrected chi connectivity index (χ0v) is 12.3. The molecule has 0 saturated carbocycles. The van der Waals surface area contributed by atoms with Crippen molar-refractivity contribution in [3.05, 3.63) is 58.9 Å². The zero-order chi connectivity index (χ0) is 14.7. The van der Waals surface area contributed by atoms with Gasteiger partial charge in [-0.1, -0.05) is 18.2 Å². The first-order valence-corrected chi connectivity index (χ1v) is 6.71.